The van der Waals surface area contributed by atoms with E-state index in [4.69, 9.17) is 0 Å². The molecule has 0 saturated heterocycles. The van der Waals surface area contributed by atoms with E-state index in [2.05, 4.69) is 164 Å². The molecule has 1 unspecified atom stereocenters. The topological polar surface area (TPSA) is 3.24 Å². The Kier molecular flexibility index (Phi) is 9.53. The summed E-state index contributed by atoms with van der Waals surface area (Å²) >= 11 is 0. The molecule has 220 valence electrons. The fourth-order valence-electron chi connectivity index (χ4n) is 6.65. The fraction of sp³-hybridized carbons (Fsp3) is 0.209. The smallest absolute Gasteiger partial charge is 0.0455 e. The number of rotatable bonds is 9. The molecule has 0 saturated carbocycles. The zero-order valence-electron chi connectivity index (χ0n) is 26.1. The van der Waals surface area contributed by atoms with E-state index in [1.54, 1.807) is 0 Å². The van der Waals surface area contributed by atoms with Crippen molar-refractivity contribution in [2.75, 3.05) is 4.90 Å². The van der Waals surface area contributed by atoms with Crippen molar-refractivity contribution in [2.45, 2.75) is 52.4 Å². The minimum Gasteiger partial charge on any atom is -0.318 e. The molecular formula is C43H43N. The van der Waals surface area contributed by atoms with E-state index in [1.807, 2.05) is 0 Å². The first-order valence-electron chi connectivity index (χ1n) is 16.2. The Balaban J connectivity index is 1.35. The molecule has 3 aliphatic rings. The second-order valence-corrected chi connectivity index (χ2v) is 12.0. The average molecular weight is 574 g/mol. The molecule has 0 bridgehead atoms. The van der Waals surface area contributed by atoms with Gasteiger partial charge in [-0.05, 0) is 116 Å². The van der Waals surface area contributed by atoms with Crippen molar-refractivity contribution >= 4 is 11.3 Å². The second-order valence-electron chi connectivity index (χ2n) is 12.0. The number of hydrogen-bond acceptors (Lipinski definition) is 1. The Bertz CT molecular complexity index is 1700. The molecule has 0 aliphatic heterocycles. The van der Waals surface area contributed by atoms with Crippen LogP contribution in [0.5, 0.6) is 0 Å². The second kappa shape index (κ2) is 14.2. The Morgan fingerprint density at radius 1 is 0.705 bits per heavy atom. The van der Waals surface area contributed by atoms with Crippen LogP contribution in [-0.4, -0.2) is 0 Å². The summed E-state index contributed by atoms with van der Waals surface area (Å²) in [5.74, 6) is 0.456. The van der Waals surface area contributed by atoms with Gasteiger partial charge in [-0.2, -0.15) is 0 Å². The predicted molar refractivity (Wildman–Crippen MR) is 190 cm³/mol. The molecule has 1 nitrogen and oxygen atoms in total. The fourth-order valence-corrected chi connectivity index (χ4v) is 6.65. The highest BCUT2D eigenvalue weighted by molar-refractivity contribution is 5.83. The summed E-state index contributed by atoms with van der Waals surface area (Å²) in [6, 6.07) is 28.7. The molecule has 0 heterocycles. The maximum absolute atomic E-state index is 2.53. The summed E-state index contributed by atoms with van der Waals surface area (Å²) in [5, 5.41) is 0. The summed E-state index contributed by atoms with van der Waals surface area (Å²) < 4.78 is 0. The van der Waals surface area contributed by atoms with Crippen LogP contribution in [0.2, 0.25) is 0 Å². The molecular weight excluding hydrogens is 530 g/mol. The number of aryl methyl sites for hydroxylation is 1. The molecule has 0 fully saturated rings. The maximum Gasteiger partial charge on any atom is 0.0455 e. The third-order valence-electron chi connectivity index (χ3n) is 8.95. The third-order valence-corrected chi connectivity index (χ3v) is 8.95. The van der Waals surface area contributed by atoms with E-state index in [0.29, 0.717) is 5.92 Å². The normalized spacial score (nSPS) is 18.5. The quantitative estimate of drug-likeness (QED) is 0.230. The van der Waals surface area contributed by atoms with E-state index in [1.165, 1.54) is 56.1 Å². The molecule has 0 aromatic heterocycles. The molecule has 1 atom stereocenters. The van der Waals surface area contributed by atoms with Gasteiger partial charge >= 0.3 is 0 Å². The van der Waals surface area contributed by atoms with Gasteiger partial charge in [0, 0.05) is 17.1 Å². The average Bonchev–Trinajstić information content (AvgIpc) is 3.09. The van der Waals surface area contributed by atoms with Crippen molar-refractivity contribution in [1.29, 1.82) is 0 Å². The van der Waals surface area contributed by atoms with Gasteiger partial charge in [0.1, 0.15) is 0 Å². The van der Waals surface area contributed by atoms with Gasteiger partial charge in [-0.15, -0.1) is 0 Å². The van der Waals surface area contributed by atoms with Crippen LogP contribution in [-0.2, 0) is 0 Å². The number of hydrogen-bond donors (Lipinski definition) is 0. The highest BCUT2D eigenvalue weighted by Gasteiger charge is 2.27. The van der Waals surface area contributed by atoms with Crippen LogP contribution < -0.4 is 4.90 Å². The van der Waals surface area contributed by atoms with E-state index < -0.39 is 0 Å². The Labute approximate surface area is 264 Å². The van der Waals surface area contributed by atoms with Crippen LogP contribution in [0.1, 0.15) is 56.6 Å². The van der Waals surface area contributed by atoms with Crippen LogP contribution in [0.3, 0.4) is 0 Å². The SMILES string of the molecule is C/C=C\C=C/CC1CC(N(C2=CC=C(c3ccccc3-c3ccc(C)cc3)CC2)c2ccccc2)=CC=C1C1=CC=CCC1. The number of nitrogens with zero attached hydrogens (tertiary/aromatic N) is 1. The van der Waals surface area contributed by atoms with Crippen molar-refractivity contribution in [3.63, 3.8) is 0 Å². The molecule has 44 heavy (non-hydrogen) atoms. The first-order chi connectivity index (χ1) is 21.7. The molecule has 3 aromatic rings. The minimum atomic E-state index is 0.456. The summed E-state index contributed by atoms with van der Waals surface area (Å²) in [4.78, 5) is 2.53. The van der Waals surface area contributed by atoms with Gasteiger partial charge in [0.2, 0.25) is 0 Å². The summed E-state index contributed by atoms with van der Waals surface area (Å²) in [6.45, 7) is 4.22. The lowest BCUT2D eigenvalue weighted by molar-refractivity contribution is 0.596. The van der Waals surface area contributed by atoms with E-state index in [9.17, 15) is 0 Å². The van der Waals surface area contributed by atoms with Gasteiger partial charge in [0.15, 0.2) is 0 Å². The van der Waals surface area contributed by atoms with Crippen LogP contribution in [0.25, 0.3) is 16.7 Å². The largest absolute Gasteiger partial charge is 0.318 e. The van der Waals surface area contributed by atoms with Crippen molar-refractivity contribution in [1.82, 2.24) is 0 Å². The lowest BCUT2D eigenvalue weighted by Gasteiger charge is -2.36. The molecule has 3 aromatic carbocycles. The summed E-state index contributed by atoms with van der Waals surface area (Å²) in [6.07, 6.45) is 31.5. The van der Waals surface area contributed by atoms with Gasteiger partial charge in [-0.25, -0.2) is 0 Å². The molecule has 0 spiro atoms. The third kappa shape index (κ3) is 6.79. The first-order valence-corrected chi connectivity index (χ1v) is 16.2. The minimum absolute atomic E-state index is 0.456. The molecule has 3 aliphatic carbocycles. The van der Waals surface area contributed by atoms with Crippen LogP contribution in [0.15, 0.2) is 168 Å². The van der Waals surface area contributed by atoms with Crippen molar-refractivity contribution in [3.05, 3.63) is 179 Å². The van der Waals surface area contributed by atoms with Gasteiger partial charge in [0.05, 0.1) is 0 Å². The molecule has 0 radical (unpaired) electrons. The van der Waals surface area contributed by atoms with E-state index in [0.717, 1.165) is 38.5 Å². The highest BCUT2D eigenvalue weighted by Crippen LogP contribution is 2.42. The number of anilines is 1. The molecule has 0 amide bonds. The van der Waals surface area contributed by atoms with Gasteiger partial charge in [0.25, 0.3) is 0 Å². The first kappa shape index (κ1) is 29.5. The standard InChI is InChI=1S/C43H43N/c1-3-4-5-8-17-37-32-40(30-31-41(37)34-15-9-6-10-16-34)44(38-18-11-7-12-19-38)39-28-26-36(27-29-39)43-21-14-13-20-42(43)35-24-22-33(2)23-25-35/h3-9,11-15,18-26,28,30-31,37H,10,16-17,27,29,32H2,1-2H3/b4-3-,8-5-. The highest BCUT2D eigenvalue weighted by atomic mass is 15.2. The van der Waals surface area contributed by atoms with Crippen molar-refractivity contribution < 1.29 is 0 Å². The zero-order chi connectivity index (χ0) is 30.1. The lowest BCUT2D eigenvalue weighted by atomic mass is 9.80. The van der Waals surface area contributed by atoms with Crippen LogP contribution >= 0.6 is 0 Å². The molecule has 1 heteroatoms. The Hall–Kier alpha value is -4.62. The lowest BCUT2D eigenvalue weighted by Crippen LogP contribution is -2.26. The molecule has 0 N–H and O–H groups in total. The van der Waals surface area contributed by atoms with Crippen LogP contribution in [0.4, 0.5) is 5.69 Å². The van der Waals surface area contributed by atoms with Crippen molar-refractivity contribution in [3.8, 4) is 11.1 Å². The van der Waals surface area contributed by atoms with E-state index in [-0.39, 0.29) is 0 Å². The van der Waals surface area contributed by atoms with Gasteiger partial charge < -0.3 is 4.90 Å². The van der Waals surface area contributed by atoms with E-state index >= 15 is 0 Å². The monoisotopic (exact) mass is 573 g/mol. The predicted octanol–water partition coefficient (Wildman–Crippen LogP) is 11.9. The molecule has 6 rings (SSSR count). The maximum atomic E-state index is 2.53. The van der Waals surface area contributed by atoms with Gasteiger partial charge in [-0.3, -0.25) is 0 Å². The summed E-state index contributed by atoms with van der Waals surface area (Å²) in [7, 11) is 0. The van der Waals surface area contributed by atoms with Gasteiger partial charge in [-0.1, -0.05) is 127 Å². The van der Waals surface area contributed by atoms with Crippen LogP contribution in [0, 0.1) is 12.8 Å². The Morgan fingerprint density at radius 3 is 2.20 bits per heavy atom. The number of allylic oxidation sites excluding steroid dienone is 16. The zero-order valence-corrected chi connectivity index (χ0v) is 26.1. The summed E-state index contributed by atoms with van der Waals surface area (Å²) in [5.41, 5.74) is 13.6. The number of para-hydroxylation sites is 1. The Morgan fingerprint density at radius 2 is 1.48 bits per heavy atom. The van der Waals surface area contributed by atoms with Crippen molar-refractivity contribution in [2.24, 2.45) is 5.92 Å². The number of benzene rings is 3.